The number of allylic oxidation sites excluding steroid dienone is 1. The van der Waals surface area contributed by atoms with Gasteiger partial charge in [0, 0.05) is 32.0 Å². The smallest absolute Gasteiger partial charge is 0.314 e. The third-order valence-corrected chi connectivity index (χ3v) is 5.29. The molecule has 2 atom stereocenters. The Morgan fingerprint density at radius 1 is 1.12 bits per heavy atom. The van der Waals surface area contributed by atoms with Gasteiger partial charge in [0.15, 0.2) is 12.2 Å². The Balaban J connectivity index is 1.58. The van der Waals surface area contributed by atoms with Gasteiger partial charge in [0.25, 0.3) is 5.91 Å². The average Bonchev–Trinajstić information content (AvgIpc) is 3.14. The molecule has 7 nitrogen and oxygen atoms in total. The first-order valence-electron chi connectivity index (χ1n) is 8.97. The molecular weight excluding hydrogens is 330 g/mol. The van der Waals surface area contributed by atoms with Crippen molar-refractivity contribution in [2.24, 2.45) is 4.99 Å². The predicted octanol–water partition coefficient (Wildman–Crippen LogP) is 1.69. The van der Waals surface area contributed by atoms with Crippen LogP contribution < -0.4 is 0 Å². The summed E-state index contributed by atoms with van der Waals surface area (Å²) in [7, 11) is 1.71. The van der Waals surface area contributed by atoms with E-state index in [1.165, 1.54) is 10.5 Å². The van der Waals surface area contributed by atoms with Crippen LogP contribution >= 0.6 is 0 Å². The van der Waals surface area contributed by atoms with Crippen LogP contribution in [0, 0.1) is 0 Å². The zero-order valence-corrected chi connectivity index (χ0v) is 15.3. The Morgan fingerprint density at radius 3 is 2.54 bits per heavy atom. The largest absolute Gasteiger partial charge is 0.328 e. The summed E-state index contributed by atoms with van der Waals surface area (Å²) in [6, 6.07) is 9.56. The van der Waals surface area contributed by atoms with Crippen molar-refractivity contribution >= 4 is 17.9 Å². The van der Waals surface area contributed by atoms with E-state index in [9.17, 15) is 9.59 Å². The minimum atomic E-state index is -0.468. The number of aliphatic imine (C=N–C) groups is 1. The highest BCUT2D eigenvalue weighted by Crippen LogP contribution is 2.33. The van der Waals surface area contributed by atoms with Crippen molar-refractivity contribution in [3.63, 3.8) is 0 Å². The minimum absolute atomic E-state index is 0.173. The van der Waals surface area contributed by atoms with Gasteiger partial charge < -0.3 is 14.7 Å². The molecule has 2 unspecified atom stereocenters. The maximum atomic E-state index is 12.8. The van der Waals surface area contributed by atoms with Gasteiger partial charge in [-0.2, -0.15) is 0 Å². The van der Waals surface area contributed by atoms with Gasteiger partial charge in [-0.25, -0.2) is 9.79 Å². The highest BCUT2D eigenvalue weighted by Gasteiger charge is 2.53. The third-order valence-electron chi connectivity index (χ3n) is 5.29. The van der Waals surface area contributed by atoms with E-state index in [-0.39, 0.29) is 11.9 Å². The first-order valence-corrected chi connectivity index (χ1v) is 8.97. The fraction of sp³-hybridized carbons (Fsp3) is 0.421. The van der Waals surface area contributed by atoms with Gasteiger partial charge in [-0.1, -0.05) is 30.3 Å². The Morgan fingerprint density at radius 2 is 1.85 bits per heavy atom. The van der Waals surface area contributed by atoms with Crippen molar-refractivity contribution in [2.45, 2.75) is 32.5 Å². The molecule has 26 heavy (non-hydrogen) atoms. The number of nitrogens with zero attached hydrogens (tertiary/aromatic N) is 5. The van der Waals surface area contributed by atoms with Gasteiger partial charge in [-0.05, 0) is 25.8 Å². The highest BCUT2D eigenvalue weighted by molar-refractivity contribution is 6.04. The molecule has 1 saturated heterocycles. The monoisotopic (exact) mass is 353 g/mol. The summed E-state index contributed by atoms with van der Waals surface area (Å²) in [6.45, 7) is 5.00. The molecule has 136 valence electrons. The number of likely N-dealkylation sites (N-methyl/N-ethyl adjacent to an activating group) is 2. The molecule has 1 aromatic carbocycles. The van der Waals surface area contributed by atoms with E-state index in [0.717, 1.165) is 24.6 Å². The van der Waals surface area contributed by atoms with Crippen LogP contribution in [0.4, 0.5) is 4.79 Å². The number of fused-ring (bicyclic) bond motifs is 3. The standard InChI is InChI=1S/C19H23N5O2/c1-4-22-17(25)15-16(21(3)19(22)26)20-18-23(13(2)12-24(15)18)11-10-14-8-6-5-7-9-14/h5-9,12,15-16H,4,10-11H2,1-3H3. The number of carbonyl (C=O) groups is 2. The molecule has 3 heterocycles. The molecule has 0 aliphatic carbocycles. The van der Waals surface area contributed by atoms with Crippen molar-refractivity contribution in [2.75, 3.05) is 20.1 Å². The fourth-order valence-corrected chi connectivity index (χ4v) is 3.85. The van der Waals surface area contributed by atoms with Crippen LogP contribution in [0.3, 0.4) is 0 Å². The van der Waals surface area contributed by atoms with Crippen LogP contribution in [-0.2, 0) is 11.2 Å². The molecular formula is C19H23N5O2. The van der Waals surface area contributed by atoms with Crippen LogP contribution in [0.5, 0.6) is 0 Å². The van der Waals surface area contributed by atoms with Gasteiger partial charge in [0.2, 0.25) is 5.96 Å². The third kappa shape index (κ3) is 2.38. The topological polar surface area (TPSA) is 59.5 Å². The predicted molar refractivity (Wildman–Crippen MR) is 98.0 cm³/mol. The molecule has 0 bridgehead atoms. The summed E-state index contributed by atoms with van der Waals surface area (Å²) in [5.74, 6) is 0.590. The van der Waals surface area contributed by atoms with E-state index < -0.39 is 12.2 Å². The summed E-state index contributed by atoms with van der Waals surface area (Å²) >= 11 is 0. The number of hydrogen-bond donors (Lipinski definition) is 0. The van der Waals surface area contributed by atoms with Crippen LogP contribution in [0.2, 0.25) is 0 Å². The minimum Gasteiger partial charge on any atom is -0.314 e. The van der Waals surface area contributed by atoms with Crippen LogP contribution in [0.15, 0.2) is 47.2 Å². The fourth-order valence-electron chi connectivity index (χ4n) is 3.85. The number of imide groups is 1. The van der Waals surface area contributed by atoms with Crippen molar-refractivity contribution < 1.29 is 9.59 Å². The molecule has 0 aromatic heterocycles. The van der Waals surface area contributed by atoms with E-state index in [1.54, 1.807) is 11.9 Å². The van der Waals surface area contributed by atoms with Crippen molar-refractivity contribution in [3.8, 4) is 0 Å². The number of carbonyl (C=O) groups excluding carboxylic acids is 2. The average molecular weight is 353 g/mol. The van der Waals surface area contributed by atoms with Crippen LogP contribution in [-0.4, -0.2) is 69.8 Å². The molecule has 0 saturated carbocycles. The lowest BCUT2D eigenvalue weighted by Gasteiger charge is -2.39. The number of urea groups is 1. The maximum Gasteiger partial charge on any atom is 0.328 e. The number of amides is 3. The molecule has 0 radical (unpaired) electrons. The first kappa shape index (κ1) is 16.6. The Hall–Kier alpha value is -2.83. The normalized spacial score (nSPS) is 24.7. The van der Waals surface area contributed by atoms with Crippen molar-refractivity contribution in [3.05, 3.63) is 47.8 Å². The molecule has 1 aromatic rings. The molecule has 0 N–H and O–H groups in total. The van der Waals surface area contributed by atoms with E-state index >= 15 is 0 Å². The van der Waals surface area contributed by atoms with Gasteiger partial charge in [-0.15, -0.1) is 0 Å². The molecule has 7 heteroatoms. The number of rotatable bonds is 4. The highest BCUT2D eigenvalue weighted by atomic mass is 16.2. The lowest BCUT2D eigenvalue weighted by atomic mass is 10.1. The Labute approximate surface area is 153 Å². The number of hydrogen-bond acceptors (Lipinski definition) is 5. The van der Waals surface area contributed by atoms with Gasteiger partial charge in [0.05, 0.1) is 0 Å². The molecule has 0 spiro atoms. The zero-order valence-electron chi connectivity index (χ0n) is 15.3. The Bertz CT molecular complexity index is 803. The SMILES string of the molecule is CCN1C(=O)C2C(N=C3N(CCc4ccccc4)C(C)=CN32)N(C)C1=O. The Kier molecular flexibility index (Phi) is 3.94. The molecule has 3 aliphatic rings. The van der Waals surface area contributed by atoms with Crippen molar-refractivity contribution in [1.29, 1.82) is 0 Å². The van der Waals surface area contributed by atoms with Gasteiger partial charge >= 0.3 is 6.03 Å². The number of guanidine groups is 1. The van der Waals surface area contributed by atoms with Crippen molar-refractivity contribution in [1.82, 2.24) is 19.6 Å². The van der Waals surface area contributed by atoms with Crippen LogP contribution in [0.1, 0.15) is 19.4 Å². The van der Waals surface area contributed by atoms with E-state index in [1.807, 2.05) is 43.1 Å². The maximum absolute atomic E-state index is 12.8. The quantitative estimate of drug-likeness (QED) is 0.826. The summed E-state index contributed by atoms with van der Waals surface area (Å²) in [5.41, 5.74) is 2.32. The molecule has 4 rings (SSSR count). The zero-order chi connectivity index (χ0) is 18.4. The summed E-state index contributed by atoms with van der Waals surface area (Å²) < 4.78 is 0. The first-order chi connectivity index (χ1) is 12.5. The van der Waals surface area contributed by atoms with E-state index in [0.29, 0.717) is 6.54 Å². The summed E-state index contributed by atoms with van der Waals surface area (Å²) in [4.78, 5) is 36.9. The molecule has 1 fully saturated rings. The lowest BCUT2D eigenvalue weighted by Crippen LogP contribution is -2.64. The van der Waals surface area contributed by atoms with Crippen LogP contribution in [0.25, 0.3) is 0 Å². The summed E-state index contributed by atoms with van der Waals surface area (Å²) in [5, 5.41) is 0. The van der Waals surface area contributed by atoms with E-state index in [4.69, 9.17) is 4.99 Å². The second-order valence-corrected chi connectivity index (χ2v) is 6.83. The second-order valence-electron chi connectivity index (χ2n) is 6.83. The van der Waals surface area contributed by atoms with Gasteiger partial charge in [-0.3, -0.25) is 9.69 Å². The summed E-state index contributed by atoms with van der Waals surface area (Å²) in [6.07, 6.45) is 2.40. The van der Waals surface area contributed by atoms with E-state index in [2.05, 4.69) is 17.0 Å². The second kappa shape index (κ2) is 6.16. The number of benzene rings is 1. The molecule has 3 aliphatic heterocycles. The van der Waals surface area contributed by atoms with Gasteiger partial charge in [0.1, 0.15) is 0 Å². The lowest BCUT2D eigenvalue weighted by molar-refractivity contribution is -0.136. The molecule has 3 amide bonds.